The van der Waals surface area contributed by atoms with Crippen LogP contribution in [0.1, 0.15) is 33.6 Å². The van der Waals surface area contributed by atoms with Crippen molar-refractivity contribution in [3.63, 3.8) is 0 Å². The number of benzene rings is 2. The molecule has 2 N–H and O–H groups in total. The number of anilines is 1. The van der Waals surface area contributed by atoms with Gasteiger partial charge < -0.3 is 9.64 Å². The molecule has 1 heterocycles. The highest BCUT2D eigenvalue weighted by Gasteiger charge is 2.21. The van der Waals surface area contributed by atoms with E-state index in [1.54, 1.807) is 60.5 Å². The lowest BCUT2D eigenvalue weighted by atomic mass is 10.2. The van der Waals surface area contributed by atoms with Crippen molar-refractivity contribution in [2.45, 2.75) is 12.8 Å². The van der Waals surface area contributed by atoms with Crippen molar-refractivity contribution in [2.75, 3.05) is 18.6 Å². The molecular weight excluding hydrogens is 334 g/mol. The first-order valence-corrected chi connectivity index (χ1v) is 8.23. The van der Waals surface area contributed by atoms with Crippen molar-refractivity contribution in [1.29, 1.82) is 0 Å². The van der Waals surface area contributed by atoms with Crippen molar-refractivity contribution < 1.29 is 19.1 Å². The standard InChI is InChI=1S/C19H19N3O4/c1-26-16-10-6-14(7-11-16)19(25)21-20-18(24)13-4-8-15(9-5-13)22-12-2-3-17(22)23/h4-11H,2-3,12H2,1H3,(H,20,24)(H,21,25). The minimum atomic E-state index is -0.439. The second-order valence-corrected chi connectivity index (χ2v) is 5.83. The van der Waals surface area contributed by atoms with Crippen molar-refractivity contribution in [2.24, 2.45) is 0 Å². The first-order chi connectivity index (χ1) is 12.6. The fourth-order valence-corrected chi connectivity index (χ4v) is 2.71. The summed E-state index contributed by atoms with van der Waals surface area (Å²) >= 11 is 0. The van der Waals surface area contributed by atoms with Crippen LogP contribution in [0.2, 0.25) is 0 Å². The normalized spacial score (nSPS) is 13.4. The Hall–Kier alpha value is -3.35. The number of nitrogens with zero attached hydrogens (tertiary/aromatic N) is 1. The van der Waals surface area contributed by atoms with Crippen molar-refractivity contribution >= 4 is 23.4 Å². The fraction of sp³-hybridized carbons (Fsp3) is 0.211. The zero-order valence-electron chi connectivity index (χ0n) is 14.3. The van der Waals surface area contributed by atoms with Crippen LogP contribution in [0.25, 0.3) is 0 Å². The Morgan fingerprint density at radius 2 is 1.46 bits per heavy atom. The number of hydrazine groups is 1. The quantitative estimate of drug-likeness (QED) is 0.822. The van der Waals surface area contributed by atoms with E-state index in [1.807, 2.05) is 0 Å². The summed E-state index contributed by atoms with van der Waals surface area (Å²) in [6.07, 6.45) is 1.40. The summed E-state index contributed by atoms with van der Waals surface area (Å²) in [6.45, 7) is 0.697. The van der Waals surface area contributed by atoms with Crippen molar-refractivity contribution in [3.05, 3.63) is 59.7 Å². The molecule has 0 spiro atoms. The minimum Gasteiger partial charge on any atom is -0.497 e. The molecule has 3 amide bonds. The van der Waals surface area contributed by atoms with Crippen LogP contribution in [0.4, 0.5) is 5.69 Å². The third-order valence-corrected chi connectivity index (χ3v) is 4.16. The lowest BCUT2D eigenvalue weighted by Crippen LogP contribution is -2.41. The van der Waals surface area contributed by atoms with E-state index in [0.29, 0.717) is 29.8 Å². The van der Waals surface area contributed by atoms with Gasteiger partial charge in [0.2, 0.25) is 5.91 Å². The van der Waals surface area contributed by atoms with Gasteiger partial charge in [-0.3, -0.25) is 25.2 Å². The van der Waals surface area contributed by atoms with Gasteiger partial charge in [0.05, 0.1) is 7.11 Å². The van der Waals surface area contributed by atoms with Gasteiger partial charge in [-0.15, -0.1) is 0 Å². The number of rotatable bonds is 4. The van der Waals surface area contributed by atoms with E-state index in [-0.39, 0.29) is 5.91 Å². The third kappa shape index (κ3) is 3.83. The molecule has 3 rings (SSSR count). The highest BCUT2D eigenvalue weighted by Crippen LogP contribution is 2.21. The molecule has 1 aliphatic heterocycles. The van der Waals surface area contributed by atoms with Gasteiger partial charge in [0.15, 0.2) is 0 Å². The van der Waals surface area contributed by atoms with E-state index < -0.39 is 11.8 Å². The molecular formula is C19H19N3O4. The number of hydrogen-bond donors (Lipinski definition) is 2. The maximum atomic E-state index is 12.2. The van der Waals surface area contributed by atoms with Gasteiger partial charge in [-0.25, -0.2) is 0 Å². The number of hydrogen-bond acceptors (Lipinski definition) is 4. The molecule has 2 aromatic carbocycles. The molecule has 1 aliphatic rings. The SMILES string of the molecule is COc1ccc(C(=O)NNC(=O)c2ccc(N3CCCC3=O)cc2)cc1. The summed E-state index contributed by atoms with van der Waals surface area (Å²) in [5.41, 5.74) is 6.29. The van der Waals surface area contributed by atoms with Crippen molar-refractivity contribution in [3.8, 4) is 5.75 Å². The van der Waals surface area contributed by atoms with Crippen LogP contribution in [0.5, 0.6) is 5.75 Å². The predicted octanol–water partition coefficient (Wildman–Crippen LogP) is 1.90. The Kier molecular flexibility index (Phi) is 5.17. The zero-order valence-corrected chi connectivity index (χ0v) is 14.3. The summed E-state index contributed by atoms with van der Waals surface area (Å²) in [7, 11) is 1.54. The first-order valence-electron chi connectivity index (χ1n) is 8.23. The fourth-order valence-electron chi connectivity index (χ4n) is 2.71. The summed E-state index contributed by atoms with van der Waals surface area (Å²) in [6, 6.07) is 13.2. The van der Waals surface area contributed by atoms with Gasteiger partial charge in [-0.05, 0) is 55.0 Å². The summed E-state index contributed by atoms with van der Waals surface area (Å²) < 4.78 is 5.03. The molecule has 134 valence electrons. The molecule has 1 saturated heterocycles. The van der Waals surface area contributed by atoms with Gasteiger partial charge in [0.1, 0.15) is 5.75 Å². The zero-order chi connectivity index (χ0) is 18.5. The third-order valence-electron chi connectivity index (χ3n) is 4.16. The lowest BCUT2D eigenvalue weighted by Gasteiger charge is -2.15. The van der Waals surface area contributed by atoms with E-state index in [2.05, 4.69) is 10.9 Å². The Morgan fingerprint density at radius 1 is 0.923 bits per heavy atom. The number of amides is 3. The molecule has 7 heteroatoms. The van der Waals surface area contributed by atoms with Crippen molar-refractivity contribution in [1.82, 2.24) is 10.9 Å². The average Bonchev–Trinajstić information content (AvgIpc) is 3.12. The van der Waals surface area contributed by atoms with Crippen LogP contribution in [-0.4, -0.2) is 31.4 Å². The van der Waals surface area contributed by atoms with Gasteiger partial charge in [0.25, 0.3) is 11.8 Å². The molecule has 26 heavy (non-hydrogen) atoms. The molecule has 2 aromatic rings. The van der Waals surface area contributed by atoms with E-state index >= 15 is 0 Å². The van der Waals surface area contributed by atoms with E-state index in [4.69, 9.17) is 4.74 Å². The Morgan fingerprint density at radius 3 is 1.92 bits per heavy atom. The summed E-state index contributed by atoms with van der Waals surface area (Å²) in [4.78, 5) is 37.6. The minimum absolute atomic E-state index is 0.0916. The Balaban J connectivity index is 1.57. The highest BCUT2D eigenvalue weighted by molar-refractivity contribution is 6.00. The largest absolute Gasteiger partial charge is 0.497 e. The maximum Gasteiger partial charge on any atom is 0.269 e. The number of carbonyl (C=O) groups is 3. The van der Waals surface area contributed by atoms with Gasteiger partial charge in [-0.2, -0.15) is 0 Å². The highest BCUT2D eigenvalue weighted by atomic mass is 16.5. The van der Waals surface area contributed by atoms with Crippen LogP contribution < -0.4 is 20.5 Å². The smallest absolute Gasteiger partial charge is 0.269 e. The monoisotopic (exact) mass is 353 g/mol. The molecule has 7 nitrogen and oxygen atoms in total. The Bertz CT molecular complexity index is 816. The summed E-state index contributed by atoms with van der Waals surface area (Å²) in [5.74, 6) is -0.137. The van der Waals surface area contributed by atoms with Gasteiger partial charge in [-0.1, -0.05) is 0 Å². The van der Waals surface area contributed by atoms with Crippen LogP contribution in [0, 0.1) is 0 Å². The number of methoxy groups -OCH3 is 1. The molecule has 0 saturated carbocycles. The first kappa shape index (κ1) is 17.5. The van der Waals surface area contributed by atoms with Gasteiger partial charge >= 0.3 is 0 Å². The predicted molar refractivity (Wildman–Crippen MR) is 96.0 cm³/mol. The second-order valence-electron chi connectivity index (χ2n) is 5.83. The molecule has 0 unspecified atom stereocenters. The molecule has 0 aromatic heterocycles. The number of carbonyl (C=O) groups excluding carboxylic acids is 3. The molecule has 0 atom stereocenters. The maximum absolute atomic E-state index is 12.2. The van der Waals surface area contributed by atoms with Crippen LogP contribution in [-0.2, 0) is 4.79 Å². The number of ether oxygens (including phenoxy) is 1. The summed E-state index contributed by atoms with van der Waals surface area (Å²) in [5, 5.41) is 0. The molecule has 0 radical (unpaired) electrons. The van der Waals surface area contributed by atoms with Crippen LogP contribution >= 0.6 is 0 Å². The Labute approximate surface area is 150 Å². The van der Waals surface area contributed by atoms with Crippen LogP contribution in [0.3, 0.4) is 0 Å². The topological polar surface area (TPSA) is 87.7 Å². The second kappa shape index (κ2) is 7.69. The van der Waals surface area contributed by atoms with Crippen LogP contribution in [0.15, 0.2) is 48.5 Å². The number of nitrogens with one attached hydrogen (secondary N) is 2. The average molecular weight is 353 g/mol. The van der Waals surface area contributed by atoms with E-state index in [1.165, 1.54) is 0 Å². The molecule has 1 fully saturated rings. The lowest BCUT2D eigenvalue weighted by molar-refractivity contribution is -0.117. The van der Waals surface area contributed by atoms with E-state index in [9.17, 15) is 14.4 Å². The molecule has 0 bridgehead atoms. The molecule has 0 aliphatic carbocycles. The van der Waals surface area contributed by atoms with E-state index in [0.717, 1.165) is 12.1 Å². The van der Waals surface area contributed by atoms with Gasteiger partial charge in [0, 0.05) is 29.8 Å².